The van der Waals surface area contributed by atoms with Crippen LogP contribution in [0, 0.1) is 0 Å². The number of aliphatic hydroxyl groups excluding tert-OH is 1. The first-order valence-electron chi connectivity index (χ1n) is 4.39. The Hall–Kier alpha value is -1.67. The van der Waals surface area contributed by atoms with Crippen molar-refractivity contribution in [3.8, 4) is 0 Å². The van der Waals surface area contributed by atoms with Crippen LogP contribution in [0.25, 0.3) is 0 Å². The number of carbonyl (C=O) groups excluding carboxylic acids is 1. The second-order valence-corrected chi connectivity index (χ2v) is 3.84. The third-order valence-electron chi connectivity index (χ3n) is 1.69. The van der Waals surface area contributed by atoms with Crippen LogP contribution in [0.3, 0.4) is 0 Å². The first kappa shape index (κ1) is 12.4. The molecule has 2 amide bonds. The Kier molecular flexibility index (Phi) is 4.67. The van der Waals surface area contributed by atoms with E-state index in [1.54, 1.807) is 11.7 Å². The number of carbonyl (C=O) groups is 2. The van der Waals surface area contributed by atoms with Crippen molar-refractivity contribution in [2.24, 2.45) is 0 Å². The lowest BCUT2D eigenvalue weighted by Crippen LogP contribution is -2.47. The summed E-state index contributed by atoms with van der Waals surface area (Å²) in [6, 6.07) is -1.93. The van der Waals surface area contributed by atoms with Crippen molar-refractivity contribution in [2.75, 3.05) is 6.61 Å². The van der Waals surface area contributed by atoms with E-state index in [1.165, 1.54) is 11.3 Å². The number of amides is 2. The molecule has 0 aliphatic rings. The SMILES string of the molecule is O=C(NCc1cncs1)N[C@H](CO)C(=O)O. The summed E-state index contributed by atoms with van der Waals surface area (Å²) in [5, 5.41) is 21.8. The van der Waals surface area contributed by atoms with E-state index in [2.05, 4.69) is 15.6 Å². The molecule has 0 fully saturated rings. The van der Waals surface area contributed by atoms with Crippen molar-refractivity contribution in [1.29, 1.82) is 0 Å². The van der Waals surface area contributed by atoms with Gasteiger partial charge in [-0.05, 0) is 0 Å². The predicted octanol–water partition coefficient (Wildman–Crippen LogP) is -0.612. The second-order valence-electron chi connectivity index (χ2n) is 2.87. The molecule has 0 unspecified atom stereocenters. The van der Waals surface area contributed by atoms with Crippen LogP contribution in [0.1, 0.15) is 4.88 Å². The topological polar surface area (TPSA) is 112 Å². The molecule has 8 heteroatoms. The zero-order chi connectivity index (χ0) is 12.0. The van der Waals surface area contributed by atoms with Crippen molar-refractivity contribution in [1.82, 2.24) is 15.6 Å². The zero-order valence-electron chi connectivity index (χ0n) is 8.21. The molecule has 16 heavy (non-hydrogen) atoms. The van der Waals surface area contributed by atoms with Gasteiger partial charge in [-0.15, -0.1) is 11.3 Å². The summed E-state index contributed by atoms with van der Waals surface area (Å²) in [7, 11) is 0. The molecule has 1 heterocycles. The number of thiazole rings is 1. The van der Waals surface area contributed by atoms with Crippen LogP contribution < -0.4 is 10.6 Å². The van der Waals surface area contributed by atoms with Gasteiger partial charge in [0, 0.05) is 11.1 Å². The minimum atomic E-state index is -1.29. The first-order chi connectivity index (χ1) is 7.63. The Bertz CT molecular complexity index is 354. The number of aromatic nitrogens is 1. The van der Waals surface area contributed by atoms with Gasteiger partial charge in [0.05, 0.1) is 18.7 Å². The number of urea groups is 1. The van der Waals surface area contributed by atoms with Gasteiger partial charge in [0.15, 0.2) is 6.04 Å². The van der Waals surface area contributed by atoms with Gasteiger partial charge in [0.2, 0.25) is 0 Å². The normalized spacial score (nSPS) is 11.8. The zero-order valence-corrected chi connectivity index (χ0v) is 9.03. The molecule has 0 radical (unpaired) electrons. The van der Waals surface area contributed by atoms with Gasteiger partial charge in [0.1, 0.15) is 0 Å². The molecule has 0 bridgehead atoms. The van der Waals surface area contributed by atoms with Crippen LogP contribution in [0.4, 0.5) is 4.79 Å². The predicted molar refractivity (Wildman–Crippen MR) is 56.0 cm³/mol. The molecule has 1 rings (SSSR count). The van der Waals surface area contributed by atoms with Gasteiger partial charge in [-0.3, -0.25) is 4.98 Å². The van der Waals surface area contributed by atoms with E-state index in [9.17, 15) is 9.59 Å². The number of carboxylic acid groups (broad SMARTS) is 1. The average Bonchev–Trinajstić information content (AvgIpc) is 2.75. The van der Waals surface area contributed by atoms with E-state index in [4.69, 9.17) is 10.2 Å². The maximum Gasteiger partial charge on any atom is 0.328 e. The highest BCUT2D eigenvalue weighted by Crippen LogP contribution is 2.03. The molecule has 0 aliphatic carbocycles. The second kappa shape index (κ2) is 6.03. The Morgan fingerprint density at radius 2 is 2.31 bits per heavy atom. The maximum absolute atomic E-state index is 11.2. The van der Waals surface area contributed by atoms with Gasteiger partial charge < -0.3 is 20.8 Å². The molecule has 1 aromatic heterocycles. The van der Waals surface area contributed by atoms with Gasteiger partial charge >= 0.3 is 12.0 Å². The van der Waals surface area contributed by atoms with E-state index >= 15 is 0 Å². The minimum absolute atomic E-state index is 0.272. The number of nitrogens with one attached hydrogen (secondary N) is 2. The van der Waals surface area contributed by atoms with Crippen LogP contribution in [-0.4, -0.2) is 39.8 Å². The van der Waals surface area contributed by atoms with Crippen molar-refractivity contribution in [2.45, 2.75) is 12.6 Å². The number of aliphatic hydroxyl groups is 1. The molecule has 0 spiro atoms. The molecule has 0 saturated carbocycles. The fourth-order valence-corrected chi connectivity index (χ4v) is 1.43. The molecular weight excluding hydrogens is 234 g/mol. The van der Waals surface area contributed by atoms with Crippen molar-refractivity contribution in [3.63, 3.8) is 0 Å². The summed E-state index contributed by atoms with van der Waals surface area (Å²) in [5.74, 6) is -1.28. The Morgan fingerprint density at radius 3 is 2.81 bits per heavy atom. The Labute approximate surface area is 95.1 Å². The van der Waals surface area contributed by atoms with Gasteiger partial charge in [-0.2, -0.15) is 0 Å². The quantitative estimate of drug-likeness (QED) is 0.553. The fraction of sp³-hybridized carbons (Fsp3) is 0.375. The minimum Gasteiger partial charge on any atom is -0.480 e. The van der Waals surface area contributed by atoms with Crippen molar-refractivity contribution >= 4 is 23.3 Å². The van der Waals surface area contributed by atoms with Crippen molar-refractivity contribution < 1.29 is 19.8 Å². The van der Waals surface area contributed by atoms with Crippen LogP contribution in [0.15, 0.2) is 11.7 Å². The summed E-state index contributed by atoms with van der Waals surface area (Å²) in [6.07, 6.45) is 1.60. The smallest absolute Gasteiger partial charge is 0.328 e. The van der Waals surface area contributed by atoms with Gasteiger partial charge in [0.25, 0.3) is 0 Å². The number of carboxylic acids is 1. The molecule has 0 aliphatic heterocycles. The molecule has 0 aromatic carbocycles. The van der Waals surface area contributed by atoms with Gasteiger partial charge in [-0.1, -0.05) is 0 Å². The third kappa shape index (κ3) is 3.83. The highest BCUT2D eigenvalue weighted by atomic mass is 32.1. The first-order valence-corrected chi connectivity index (χ1v) is 5.27. The Balaban J connectivity index is 2.33. The van der Waals surface area contributed by atoms with Crippen LogP contribution >= 0.6 is 11.3 Å². The van der Waals surface area contributed by atoms with Crippen LogP contribution in [-0.2, 0) is 11.3 Å². The summed E-state index contributed by atoms with van der Waals surface area (Å²) in [6.45, 7) is -0.377. The van der Waals surface area contributed by atoms with Crippen LogP contribution in [0.2, 0.25) is 0 Å². The number of hydrogen-bond donors (Lipinski definition) is 4. The van der Waals surface area contributed by atoms with Crippen LogP contribution in [0.5, 0.6) is 0 Å². The molecule has 7 nitrogen and oxygen atoms in total. The lowest BCUT2D eigenvalue weighted by Gasteiger charge is -2.11. The Morgan fingerprint density at radius 1 is 1.56 bits per heavy atom. The maximum atomic E-state index is 11.2. The molecule has 4 N–H and O–H groups in total. The van der Waals surface area contributed by atoms with E-state index in [1.807, 2.05) is 0 Å². The van der Waals surface area contributed by atoms with Gasteiger partial charge in [-0.25, -0.2) is 9.59 Å². The standard InChI is InChI=1S/C8H11N3O4S/c12-3-6(7(13)14)11-8(15)10-2-5-1-9-4-16-5/h1,4,6,12H,2-3H2,(H,13,14)(H2,10,11,15)/t6-/m1/s1. The molecular formula is C8H11N3O4S. The monoisotopic (exact) mass is 245 g/mol. The fourth-order valence-electron chi connectivity index (χ4n) is 0.892. The molecule has 88 valence electrons. The molecule has 0 saturated heterocycles. The number of nitrogens with zero attached hydrogens (tertiary/aromatic N) is 1. The summed E-state index contributed by atoms with van der Waals surface area (Å²) >= 11 is 1.38. The van der Waals surface area contributed by atoms with E-state index < -0.39 is 24.6 Å². The van der Waals surface area contributed by atoms with E-state index in [-0.39, 0.29) is 6.54 Å². The highest BCUT2D eigenvalue weighted by molar-refractivity contribution is 7.09. The lowest BCUT2D eigenvalue weighted by atomic mass is 10.3. The number of rotatable bonds is 5. The third-order valence-corrected chi connectivity index (χ3v) is 2.47. The average molecular weight is 245 g/mol. The molecule has 1 aromatic rings. The van der Waals surface area contributed by atoms with E-state index in [0.29, 0.717) is 0 Å². The summed E-state index contributed by atoms with van der Waals surface area (Å²) in [5.41, 5.74) is 1.63. The summed E-state index contributed by atoms with van der Waals surface area (Å²) in [4.78, 5) is 26.4. The largest absolute Gasteiger partial charge is 0.480 e. The summed E-state index contributed by atoms with van der Waals surface area (Å²) < 4.78 is 0. The number of aliphatic carboxylic acids is 1. The van der Waals surface area contributed by atoms with Crippen molar-refractivity contribution in [3.05, 3.63) is 16.6 Å². The number of hydrogen-bond acceptors (Lipinski definition) is 5. The highest BCUT2D eigenvalue weighted by Gasteiger charge is 2.18. The molecule has 1 atom stereocenters. The van der Waals surface area contributed by atoms with E-state index in [0.717, 1.165) is 4.88 Å². The lowest BCUT2D eigenvalue weighted by molar-refractivity contribution is -0.140.